The standard InChI is InChI=1S/C18H27N7O2/c1-13-9-15(27-21-13)17(26)20-16-5-8-23(2)18(16)6-4-7-25(12-18)11-14-10-19-22-24(14)3/h9-10,16H,4-8,11-12H2,1-3H3,(H,20,26). The molecule has 2 atom stereocenters. The molecule has 1 N–H and O–H groups in total. The highest BCUT2D eigenvalue weighted by atomic mass is 16.5. The van der Waals surface area contributed by atoms with Gasteiger partial charge >= 0.3 is 0 Å². The van der Waals surface area contributed by atoms with Crippen molar-refractivity contribution in [3.05, 3.63) is 29.4 Å². The van der Waals surface area contributed by atoms with Crippen LogP contribution in [0, 0.1) is 6.92 Å². The Morgan fingerprint density at radius 2 is 2.26 bits per heavy atom. The van der Waals surface area contributed by atoms with Gasteiger partial charge in [0.2, 0.25) is 5.76 Å². The van der Waals surface area contributed by atoms with E-state index in [4.69, 9.17) is 4.52 Å². The molecule has 0 aliphatic carbocycles. The van der Waals surface area contributed by atoms with Crippen molar-refractivity contribution in [2.45, 2.75) is 44.3 Å². The SMILES string of the molecule is Cc1cc(C(=O)NC2CCN(C)C23CCCN(Cc2cnnn2C)C3)on1. The number of hydrogen-bond donors (Lipinski definition) is 1. The molecule has 1 spiro atoms. The Morgan fingerprint density at radius 1 is 1.41 bits per heavy atom. The quantitative estimate of drug-likeness (QED) is 0.838. The Hall–Kier alpha value is -2.26. The molecule has 9 heteroatoms. The number of amides is 1. The van der Waals surface area contributed by atoms with Crippen LogP contribution in [0.25, 0.3) is 0 Å². The number of hydrogen-bond acceptors (Lipinski definition) is 7. The van der Waals surface area contributed by atoms with E-state index in [1.165, 1.54) is 0 Å². The van der Waals surface area contributed by atoms with Gasteiger partial charge in [-0.15, -0.1) is 5.10 Å². The third kappa shape index (κ3) is 3.37. The van der Waals surface area contributed by atoms with Crippen molar-refractivity contribution in [3.8, 4) is 0 Å². The largest absolute Gasteiger partial charge is 0.351 e. The molecule has 0 aromatic carbocycles. The Kier molecular flexibility index (Phi) is 4.73. The fourth-order valence-electron chi connectivity index (χ4n) is 4.55. The Balaban J connectivity index is 1.49. The monoisotopic (exact) mass is 373 g/mol. The van der Waals surface area contributed by atoms with Crippen LogP contribution in [0.2, 0.25) is 0 Å². The van der Waals surface area contributed by atoms with Gasteiger partial charge in [-0.2, -0.15) is 0 Å². The molecule has 0 saturated carbocycles. The molecule has 2 aliphatic rings. The lowest BCUT2D eigenvalue weighted by atomic mass is 9.82. The second kappa shape index (κ2) is 7.05. The first-order valence-electron chi connectivity index (χ1n) is 9.49. The summed E-state index contributed by atoms with van der Waals surface area (Å²) in [6.45, 7) is 5.57. The first kappa shape index (κ1) is 18.1. The molecule has 2 saturated heterocycles. The second-order valence-corrected chi connectivity index (χ2v) is 7.84. The summed E-state index contributed by atoms with van der Waals surface area (Å²) in [5.74, 6) is 0.106. The lowest BCUT2D eigenvalue weighted by Gasteiger charge is -2.47. The van der Waals surface area contributed by atoms with Crippen molar-refractivity contribution in [2.24, 2.45) is 7.05 Å². The molecule has 2 aliphatic heterocycles. The minimum absolute atomic E-state index is 0.0605. The summed E-state index contributed by atoms with van der Waals surface area (Å²) < 4.78 is 6.97. The zero-order valence-electron chi connectivity index (χ0n) is 16.2. The zero-order valence-corrected chi connectivity index (χ0v) is 16.2. The number of nitrogens with one attached hydrogen (secondary N) is 1. The first-order chi connectivity index (χ1) is 13.0. The molecule has 2 aromatic heterocycles. The van der Waals surface area contributed by atoms with Crippen molar-refractivity contribution in [1.29, 1.82) is 0 Å². The predicted molar refractivity (Wildman–Crippen MR) is 98.0 cm³/mol. The van der Waals surface area contributed by atoms with Gasteiger partial charge in [0.25, 0.3) is 5.91 Å². The van der Waals surface area contributed by atoms with E-state index < -0.39 is 0 Å². The maximum absolute atomic E-state index is 12.6. The van der Waals surface area contributed by atoms with Gasteiger partial charge < -0.3 is 9.84 Å². The minimum Gasteiger partial charge on any atom is -0.351 e. The molecular weight excluding hydrogens is 346 g/mol. The van der Waals surface area contributed by atoms with Gasteiger partial charge in [-0.3, -0.25) is 19.3 Å². The van der Waals surface area contributed by atoms with Gasteiger partial charge in [0.15, 0.2) is 0 Å². The van der Waals surface area contributed by atoms with Gasteiger partial charge in [-0.05, 0) is 39.8 Å². The number of likely N-dealkylation sites (tertiary alicyclic amines) is 2. The highest BCUT2D eigenvalue weighted by molar-refractivity contribution is 5.91. The molecule has 0 bridgehead atoms. The fourth-order valence-corrected chi connectivity index (χ4v) is 4.55. The van der Waals surface area contributed by atoms with E-state index in [0.29, 0.717) is 5.69 Å². The maximum atomic E-state index is 12.6. The molecule has 4 heterocycles. The number of rotatable bonds is 4. The van der Waals surface area contributed by atoms with Crippen LogP contribution in [0.15, 0.2) is 16.8 Å². The Labute approximate surface area is 158 Å². The number of aromatic nitrogens is 4. The van der Waals surface area contributed by atoms with Crippen LogP contribution >= 0.6 is 0 Å². The first-order valence-corrected chi connectivity index (χ1v) is 9.49. The topological polar surface area (TPSA) is 92.3 Å². The third-order valence-electron chi connectivity index (χ3n) is 6.09. The molecule has 2 fully saturated rings. The van der Waals surface area contributed by atoms with Gasteiger partial charge in [0.1, 0.15) is 0 Å². The number of piperidine rings is 1. The molecule has 146 valence electrons. The number of carbonyl (C=O) groups excluding carboxylic acids is 1. The van der Waals surface area contributed by atoms with E-state index in [9.17, 15) is 4.79 Å². The van der Waals surface area contributed by atoms with E-state index in [2.05, 4.69) is 37.6 Å². The van der Waals surface area contributed by atoms with Gasteiger partial charge in [-0.25, -0.2) is 0 Å². The summed E-state index contributed by atoms with van der Waals surface area (Å²) >= 11 is 0. The van der Waals surface area contributed by atoms with Crippen LogP contribution in [0.5, 0.6) is 0 Å². The van der Waals surface area contributed by atoms with E-state index in [-0.39, 0.29) is 23.2 Å². The number of nitrogens with zero attached hydrogens (tertiary/aromatic N) is 6. The third-order valence-corrected chi connectivity index (χ3v) is 6.09. The van der Waals surface area contributed by atoms with Gasteiger partial charge in [0.05, 0.1) is 29.2 Å². The van der Waals surface area contributed by atoms with Crippen molar-refractivity contribution in [2.75, 3.05) is 26.7 Å². The molecule has 27 heavy (non-hydrogen) atoms. The van der Waals surface area contributed by atoms with E-state index in [1.807, 2.05) is 24.9 Å². The van der Waals surface area contributed by atoms with Crippen LogP contribution in [-0.4, -0.2) is 74.1 Å². The van der Waals surface area contributed by atoms with Gasteiger partial charge in [-0.1, -0.05) is 10.4 Å². The number of likely N-dealkylation sites (N-methyl/N-ethyl adjacent to an activating group) is 1. The summed E-state index contributed by atoms with van der Waals surface area (Å²) in [4.78, 5) is 17.5. The molecule has 4 rings (SSSR count). The van der Waals surface area contributed by atoms with Crippen LogP contribution in [0.3, 0.4) is 0 Å². The fraction of sp³-hybridized carbons (Fsp3) is 0.667. The molecule has 0 radical (unpaired) electrons. The average molecular weight is 373 g/mol. The molecule has 1 amide bonds. The lowest BCUT2D eigenvalue weighted by molar-refractivity contribution is 0.0339. The minimum atomic E-state index is -0.178. The average Bonchev–Trinajstić information content (AvgIpc) is 3.33. The highest BCUT2D eigenvalue weighted by Gasteiger charge is 2.50. The summed E-state index contributed by atoms with van der Waals surface area (Å²) in [7, 11) is 4.09. The Bertz CT molecular complexity index is 816. The van der Waals surface area contributed by atoms with Crippen molar-refractivity contribution < 1.29 is 9.32 Å². The number of aryl methyl sites for hydroxylation is 2. The van der Waals surface area contributed by atoms with E-state index in [0.717, 1.165) is 51.1 Å². The van der Waals surface area contributed by atoms with Gasteiger partial charge in [0, 0.05) is 32.7 Å². The zero-order chi connectivity index (χ0) is 19.0. The molecule has 2 unspecified atom stereocenters. The molecule has 9 nitrogen and oxygen atoms in total. The summed E-state index contributed by atoms with van der Waals surface area (Å²) in [6, 6.07) is 1.77. The van der Waals surface area contributed by atoms with Crippen molar-refractivity contribution in [3.63, 3.8) is 0 Å². The van der Waals surface area contributed by atoms with Crippen LogP contribution in [0.4, 0.5) is 0 Å². The maximum Gasteiger partial charge on any atom is 0.290 e. The van der Waals surface area contributed by atoms with Crippen LogP contribution in [-0.2, 0) is 13.6 Å². The summed E-state index contributed by atoms with van der Waals surface area (Å²) in [5.41, 5.74) is 1.76. The second-order valence-electron chi connectivity index (χ2n) is 7.84. The summed E-state index contributed by atoms with van der Waals surface area (Å²) in [5, 5.41) is 15.1. The highest BCUT2D eigenvalue weighted by Crippen LogP contribution is 2.37. The predicted octanol–water partition coefficient (Wildman–Crippen LogP) is 0.580. The normalized spacial score (nSPS) is 26.7. The summed E-state index contributed by atoms with van der Waals surface area (Å²) in [6.07, 6.45) is 4.94. The number of carbonyl (C=O) groups is 1. The lowest BCUT2D eigenvalue weighted by Crippen LogP contribution is -2.63. The van der Waals surface area contributed by atoms with Crippen molar-refractivity contribution in [1.82, 2.24) is 35.3 Å². The Morgan fingerprint density at radius 3 is 2.96 bits per heavy atom. The smallest absolute Gasteiger partial charge is 0.290 e. The van der Waals surface area contributed by atoms with Crippen LogP contribution < -0.4 is 5.32 Å². The molecule has 2 aromatic rings. The van der Waals surface area contributed by atoms with E-state index in [1.54, 1.807) is 6.07 Å². The van der Waals surface area contributed by atoms with Crippen LogP contribution in [0.1, 0.15) is 41.2 Å². The van der Waals surface area contributed by atoms with E-state index >= 15 is 0 Å². The van der Waals surface area contributed by atoms with Crippen molar-refractivity contribution >= 4 is 5.91 Å². The molecular formula is C18H27N7O2.